The molecule has 2 heterocycles. The molecule has 6 nitrogen and oxygen atoms in total. The maximum Gasteiger partial charge on any atom is 0.360 e. The van der Waals surface area contributed by atoms with Crippen LogP contribution in [-0.4, -0.2) is 30.2 Å². The van der Waals surface area contributed by atoms with E-state index in [1.54, 1.807) is 18.3 Å². The van der Waals surface area contributed by atoms with E-state index >= 15 is 0 Å². The van der Waals surface area contributed by atoms with Crippen LogP contribution in [-0.2, 0) is 4.74 Å². The van der Waals surface area contributed by atoms with Gasteiger partial charge in [-0.15, -0.1) is 0 Å². The number of nitrogen functional groups attached to an aromatic ring is 1. The average Bonchev–Trinajstić information content (AvgIpc) is 3.07. The van der Waals surface area contributed by atoms with E-state index in [0.29, 0.717) is 5.39 Å². The number of esters is 1. The van der Waals surface area contributed by atoms with Gasteiger partial charge in [-0.1, -0.05) is 6.07 Å². The summed E-state index contributed by atoms with van der Waals surface area (Å²) in [6.45, 7) is 0. The van der Waals surface area contributed by atoms with Gasteiger partial charge in [0, 0.05) is 17.1 Å². The number of halogens is 2. The fourth-order valence-corrected chi connectivity index (χ4v) is 2.46. The molecule has 0 aliphatic carbocycles. The van der Waals surface area contributed by atoms with Crippen LogP contribution in [0.3, 0.4) is 0 Å². The molecule has 124 valence electrons. The minimum atomic E-state index is -0.982. The molecule has 8 heteroatoms. The Bertz CT molecular complexity index is 953. The highest BCUT2D eigenvalue weighted by atomic mass is 19.1. The Kier molecular flexibility index (Phi) is 3.80. The lowest BCUT2D eigenvalue weighted by Crippen LogP contribution is -2.12. The lowest BCUT2D eigenvalue weighted by Gasteiger charge is -2.13. The molecule has 3 rings (SSSR count). The lowest BCUT2D eigenvalue weighted by atomic mass is 10.1. The van der Waals surface area contributed by atoms with Crippen LogP contribution in [0.15, 0.2) is 24.4 Å². The highest BCUT2D eigenvalue weighted by Gasteiger charge is 2.26. The molecule has 0 bridgehead atoms. The number of aromatic nitrogens is 2. The van der Waals surface area contributed by atoms with Crippen molar-refractivity contribution in [1.82, 2.24) is 9.97 Å². The molecule has 0 unspecified atom stereocenters. The molecule has 0 spiro atoms. The molecule has 1 aromatic carbocycles. The first-order valence-electron chi connectivity index (χ1n) is 6.86. The monoisotopic (exact) mass is 333 g/mol. The second-order valence-corrected chi connectivity index (χ2v) is 4.93. The van der Waals surface area contributed by atoms with E-state index in [-0.39, 0.29) is 22.5 Å². The Hall–Kier alpha value is -3.16. The van der Waals surface area contributed by atoms with Gasteiger partial charge in [-0.2, -0.15) is 0 Å². The number of nitrogens with zero attached hydrogens (tertiary/aromatic N) is 1. The number of methoxy groups -OCH3 is 2. The third-order valence-corrected chi connectivity index (χ3v) is 3.63. The summed E-state index contributed by atoms with van der Waals surface area (Å²) in [4.78, 5) is 18.5. The summed E-state index contributed by atoms with van der Waals surface area (Å²) >= 11 is 0. The van der Waals surface area contributed by atoms with Gasteiger partial charge in [-0.3, -0.25) is 0 Å². The molecule has 3 aromatic rings. The van der Waals surface area contributed by atoms with Crippen molar-refractivity contribution in [3.8, 4) is 17.0 Å². The number of nitrogens with one attached hydrogen (secondary N) is 1. The van der Waals surface area contributed by atoms with Crippen molar-refractivity contribution >= 4 is 22.6 Å². The lowest BCUT2D eigenvalue weighted by molar-refractivity contribution is 0.0590. The van der Waals surface area contributed by atoms with Crippen LogP contribution in [0, 0.1) is 11.6 Å². The van der Waals surface area contributed by atoms with Crippen molar-refractivity contribution in [3.05, 3.63) is 41.7 Å². The summed E-state index contributed by atoms with van der Waals surface area (Å²) in [6.07, 6.45) is 1.56. The number of hydrogen-bond acceptors (Lipinski definition) is 5. The van der Waals surface area contributed by atoms with Crippen molar-refractivity contribution in [3.63, 3.8) is 0 Å². The van der Waals surface area contributed by atoms with E-state index in [4.69, 9.17) is 10.5 Å². The number of benzene rings is 1. The Balaban J connectivity index is 2.32. The quantitative estimate of drug-likeness (QED) is 0.719. The zero-order valence-corrected chi connectivity index (χ0v) is 12.8. The molecule has 0 aliphatic rings. The predicted molar refractivity (Wildman–Crippen MR) is 83.7 cm³/mol. The van der Waals surface area contributed by atoms with Crippen molar-refractivity contribution in [1.29, 1.82) is 0 Å². The number of rotatable bonds is 3. The van der Waals surface area contributed by atoms with Crippen LogP contribution in [0.4, 0.5) is 14.5 Å². The van der Waals surface area contributed by atoms with Gasteiger partial charge in [-0.25, -0.2) is 18.6 Å². The highest BCUT2D eigenvalue weighted by molar-refractivity contribution is 5.94. The second kappa shape index (κ2) is 5.80. The van der Waals surface area contributed by atoms with Crippen molar-refractivity contribution in [2.45, 2.75) is 0 Å². The Morgan fingerprint density at radius 2 is 1.96 bits per heavy atom. The van der Waals surface area contributed by atoms with Gasteiger partial charge in [0.2, 0.25) is 0 Å². The number of H-pyrrole nitrogens is 1. The molecule has 2 aromatic heterocycles. The Morgan fingerprint density at radius 3 is 2.62 bits per heavy atom. The zero-order chi connectivity index (χ0) is 17.4. The van der Waals surface area contributed by atoms with Gasteiger partial charge in [-0.05, 0) is 12.1 Å². The molecule has 3 N–H and O–H groups in total. The first-order valence-corrected chi connectivity index (χ1v) is 6.86. The molecule has 0 saturated carbocycles. The van der Waals surface area contributed by atoms with E-state index in [1.165, 1.54) is 13.2 Å². The van der Waals surface area contributed by atoms with E-state index in [0.717, 1.165) is 7.11 Å². The minimum Gasteiger partial charge on any atom is -0.492 e. The average molecular weight is 333 g/mol. The van der Waals surface area contributed by atoms with E-state index in [9.17, 15) is 13.6 Å². The molecule has 24 heavy (non-hydrogen) atoms. The Labute approximate surface area is 135 Å². The van der Waals surface area contributed by atoms with Crippen molar-refractivity contribution in [2.24, 2.45) is 0 Å². The summed E-state index contributed by atoms with van der Waals surface area (Å²) in [6, 6.07) is 4.64. The molecule has 0 saturated heterocycles. The molecule has 0 fully saturated rings. The first kappa shape index (κ1) is 15.7. The summed E-state index contributed by atoms with van der Waals surface area (Å²) in [5, 5.41) is 0.617. The fourth-order valence-electron chi connectivity index (χ4n) is 2.46. The molecule has 0 amide bonds. The standard InChI is InChI=1S/C16H13F2N3O3/c1-23-15-11(19)10(18)13(21-14(15)16(22)24-2)8-4-3-7-5-6-20-12(7)9(8)17/h3-6,20H,1-2H3,(H2,19,21). The number of aromatic amines is 1. The number of ether oxygens (including phenoxy) is 2. The number of fused-ring (bicyclic) bond motifs is 1. The highest BCUT2D eigenvalue weighted by Crippen LogP contribution is 2.36. The van der Waals surface area contributed by atoms with E-state index < -0.39 is 29.0 Å². The van der Waals surface area contributed by atoms with E-state index in [1.807, 2.05) is 0 Å². The van der Waals surface area contributed by atoms with Gasteiger partial charge in [0.15, 0.2) is 23.1 Å². The molecule has 0 atom stereocenters. The van der Waals surface area contributed by atoms with Crippen molar-refractivity contribution in [2.75, 3.05) is 20.0 Å². The molecule has 0 aliphatic heterocycles. The molecular weight excluding hydrogens is 320 g/mol. The van der Waals surface area contributed by atoms with Crippen LogP contribution in [0.25, 0.3) is 22.2 Å². The van der Waals surface area contributed by atoms with Crippen LogP contribution in [0.5, 0.6) is 5.75 Å². The first-order chi connectivity index (χ1) is 11.5. The van der Waals surface area contributed by atoms with Gasteiger partial charge >= 0.3 is 5.97 Å². The van der Waals surface area contributed by atoms with E-state index in [2.05, 4.69) is 14.7 Å². The number of carbonyl (C=O) groups is 1. The summed E-state index contributed by atoms with van der Waals surface area (Å²) < 4.78 is 38.8. The SMILES string of the molecule is COC(=O)c1nc(-c2ccc3cc[nH]c3c2F)c(F)c(N)c1OC. The van der Waals surface area contributed by atoms with Crippen LogP contribution in [0.2, 0.25) is 0 Å². The van der Waals surface area contributed by atoms with Gasteiger partial charge in [0.1, 0.15) is 11.4 Å². The topological polar surface area (TPSA) is 90.2 Å². The van der Waals surface area contributed by atoms with Crippen molar-refractivity contribution < 1.29 is 23.0 Å². The fraction of sp³-hybridized carbons (Fsp3) is 0.125. The van der Waals surface area contributed by atoms with Gasteiger partial charge in [0.05, 0.1) is 19.7 Å². The smallest absolute Gasteiger partial charge is 0.360 e. The summed E-state index contributed by atoms with van der Waals surface area (Å²) in [7, 11) is 2.35. The number of nitrogens with two attached hydrogens (primary N) is 1. The van der Waals surface area contributed by atoms with Gasteiger partial charge < -0.3 is 20.2 Å². The summed E-state index contributed by atoms with van der Waals surface area (Å²) in [5.74, 6) is -2.82. The maximum atomic E-state index is 14.7. The van der Waals surface area contributed by atoms with Crippen LogP contribution in [0.1, 0.15) is 10.5 Å². The molecular formula is C16H13F2N3O3. The maximum absolute atomic E-state index is 14.7. The van der Waals surface area contributed by atoms with Gasteiger partial charge in [0.25, 0.3) is 0 Å². The third kappa shape index (κ3) is 2.23. The zero-order valence-electron chi connectivity index (χ0n) is 12.8. The number of hydrogen-bond donors (Lipinski definition) is 2. The Morgan fingerprint density at radius 1 is 1.21 bits per heavy atom. The third-order valence-electron chi connectivity index (χ3n) is 3.63. The van der Waals surface area contributed by atoms with Crippen LogP contribution >= 0.6 is 0 Å². The predicted octanol–water partition coefficient (Wildman–Crippen LogP) is 2.89. The number of carbonyl (C=O) groups excluding carboxylic acids is 1. The number of anilines is 1. The molecule has 0 radical (unpaired) electrons. The second-order valence-electron chi connectivity index (χ2n) is 4.93. The summed E-state index contributed by atoms with van der Waals surface area (Å²) in [5.41, 5.74) is 4.57. The normalized spacial score (nSPS) is 10.8. The largest absolute Gasteiger partial charge is 0.492 e. The number of pyridine rings is 1. The minimum absolute atomic E-state index is 0.137. The van der Waals surface area contributed by atoms with Crippen LogP contribution < -0.4 is 10.5 Å².